The van der Waals surface area contributed by atoms with Gasteiger partial charge in [-0.1, -0.05) is 36.4 Å². The van der Waals surface area contributed by atoms with Crippen LogP contribution in [-0.2, 0) is 10.0 Å². The highest BCUT2D eigenvalue weighted by Gasteiger charge is 2.11. The Kier molecular flexibility index (Phi) is 4.26. The standard InChI is InChI=1S/C19H15N2O3S2/c1-2-24-15-8-10-17-18(12-15)25-19(20-17)21-26(22,23)16-9-7-13-5-3-4-6-14(13)11-16/h3-12H,2H2,1H3/q-1. The van der Waals surface area contributed by atoms with Gasteiger partial charge in [0.2, 0.25) is 10.0 Å². The molecule has 3 aromatic carbocycles. The lowest BCUT2D eigenvalue weighted by molar-refractivity contribution is 0.341. The van der Waals surface area contributed by atoms with Gasteiger partial charge in [0.25, 0.3) is 0 Å². The van der Waals surface area contributed by atoms with Gasteiger partial charge >= 0.3 is 0 Å². The summed E-state index contributed by atoms with van der Waals surface area (Å²) in [5.41, 5.74) is 0.700. The zero-order valence-electron chi connectivity index (χ0n) is 13.9. The number of nitrogens with zero attached hydrogens (tertiary/aromatic N) is 2. The summed E-state index contributed by atoms with van der Waals surface area (Å²) in [6.45, 7) is 2.48. The van der Waals surface area contributed by atoms with Crippen LogP contribution >= 0.6 is 11.3 Å². The van der Waals surface area contributed by atoms with Gasteiger partial charge in [-0.2, -0.15) is 0 Å². The molecule has 4 rings (SSSR count). The van der Waals surface area contributed by atoms with Crippen molar-refractivity contribution in [2.45, 2.75) is 11.8 Å². The normalized spacial score (nSPS) is 11.7. The molecule has 7 heteroatoms. The number of fused-ring (bicyclic) bond motifs is 2. The van der Waals surface area contributed by atoms with Crippen LogP contribution in [0.1, 0.15) is 6.92 Å². The minimum absolute atomic E-state index is 0.158. The van der Waals surface area contributed by atoms with Crippen LogP contribution < -0.4 is 4.74 Å². The third kappa shape index (κ3) is 3.23. The van der Waals surface area contributed by atoms with E-state index in [1.54, 1.807) is 24.3 Å². The topological polar surface area (TPSA) is 70.4 Å². The van der Waals surface area contributed by atoms with E-state index in [4.69, 9.17) is 4.74 Å². The number of aromatic nitrogens is 1. The van der Waals surface area contributed by atoms with Gasteiger partial charge < -0.3 is 14.4 Å². The Balaban J connectivity index is 1.67. The molecule has 1 aromatic heterocycles. The molecule has 0 aliphatic heterocycles. The SMILES string of the molecule is CCOc1ccc2nc([N-]S(=O)(=O)c3ccc4ccccc4c3)sc2c1. The van der Waals surface area contributed by atoms with Gasteiger partial charge in [-0.15, -0.1) is 11.3 Å². The van der Waals surface area contributed by atoms with Gasteiger partial charge in [0.15, 0.2) is 0 Å². The fraction of sp³-hybridized carbons (Fsp3) is 0.105. The first-order valence-corrected chi connectivity index (χ1v) is 10.3. The van der Waals surface area contributed by atoms with E-state index in [-0.39, 0.29) is 10.0 Å². The maximum absolute atomic E-state index is 12.7. The van der Waals surface area contributed by atoms with E-state index >= 15 is 0 Å². The number of rotatable bonds is 5. The molecule has 0 atom stereocenters. The zero-order valence-corrected chi connectivity index (χ0v) is 15.5. The summed E-state index contributed by atoms with van der Waals surface area (Å²) in [4.78, 5) is 4.46. The highest BCUT2D eigenvalue weighted by Crippen LogP contribution is 2.37. The van der Waals surface area contributed by atoms with Gasteiger partial charge in [-0.25, -0.2) is 8.42 Å². The van der Waals surface area contributed by atoms with E-state index < -0.39 is 10.0 Å². The summed E-state index contributed by atoms with van der Waals surface area (Å²) in [5, 5.41) is 2.05. The van der Waals surface area contributed by atoms with Gasteiger partial charge in [0, 0.05) is 9.83 Å². The van der Waals surface area contributed by atoms with Gasteiger partial charge in [0.05, 0.1) is 11.5 Å². The molecule has 0 radical (unpaired) electrons. The Morgan fingerprint density at radius 2 is 1.85 bits per heavy atom. The summed E-state index contributed by atoms with van der Waals surface area (Å²) in [6, 6.07) is 18.1. The molecule has 132 valence electrons. The van der Waals surface area contributed by atoms with Crippen LogP contribution in [0.5, 0.6) is 5.75 Å². The quantitative estimate of drug-likeness (QED) is 0.472. The van der Waals surface area contributed by atoms with Crippen LogP contribution in [0.3, 0.4) is 0 Å². The second kappa shape index (κ2) is 6.59. The van der Waals surface area contributed by atoms with Crippen molar-refractivity contribution < 1.29 is 13.2 Å². The predicted octanol–water partition coefficient (Wildman–Crippen LogP) is 5.24. The fourth-order valence-corrected chi connectivity index (χ4v) is 4.72. The van der Waals surface area contributed by atoms with Crippen molar-refractivity contribution in [2.75, 3.05) is 6.61 Å². The average Bonchev–Trinajstić information content (AvgIpc) is 3.02. The summed E-state index contributed by atoms with van der Waals surface area (Å²) in [6.07, 6.45) is 0. The van der Waals surface area contributed by atoms with Crippen LogP contribution in [0, 0.1) is 0 Å². The van der Waals surface area contributed by atoms with Crippen LogP contribution in [0.15, 0.2) is 65.6 Å². The lowest BCUT2D eigenvalue weighted by Gasteiger charge is -2.12. The lowest BCUT2D eigenvalue weighted by atomic mass is 10.1. The van der Waals surface area contributed by atoms with E-state index in [1.165, 1.54) is 11.3 Å². The molecule has 1 heterocycles. The number of thiazole rings is 1. The number of hydrogen-bond donors (Lipinski definition) is 0. The minimum Gasteiger partial charge on any atom is -0.494 e. The molecule has 0 aliphatic rings. The van der Waals surface area contributed by atoms with Crippen molar-refractivity contribution in [1.29, 1.82) is 0 Å². The molecule has 5 nitrogen and oxygen atoms in total. The summed E-state index contributed by atoms with van der Waals surface area (Å²) >= 11 is 1.23. The molecule has 0 saturated carbocycles. The minimum atomic E-state index is -3.83. The number of sulfonamides is 1. The molecular formula is C19H15N2O3S2-. The van der Waals surface area contributed by atoms with E-state index in [2.05, 4.69) is 9.71 Å². The number of hydrogen-bond acceptors (Lipinski definition) is 5. The summed E-state index contributed by atoms with van der Waals surface area (Å²) in [5.74, 6) is 0.729. The van der Waals surface area contributed by atoms with Crippen LogP contribution in [0.4, 0.5) is 5.13 Å². The Labute approximate surface area is 155 Å². The van der Waals surface area contributed by atoms with Crippen LogP contribution in [0.25, 0.3) is 25.7 Å². The highest BCUT2D eigenvalue weighted by atomic mass is 32.2. The Morgan fingerprint density at radius 1 is 1.04 bits per heavy atom. The largest absolute Gasteiger partial charge is 0.494 e. The Morgan fingerprint density at radius 3 is 2.65 bits per heavy atom. The molecule has 0 spiro atoms. The first kappa shape index (κ1) is 16.8. The third-order valence-electron chi connectivity index (χ3n) is 3.88. The Hall–Kier alpha value is -2.64. The van der Waals surface area contributed by atoms with E-state index in [0.717, 1.165) is 21.2 Å². The van der Waals surface area contributed by atoms with Crippen molar-refractivity contribution in [3.8, 4) is 5.75 Å². The fourth-order valence-electron chi connectivity index (χ4n) is 2.67. The molecule has 26 heavy (non-hydrogen) atoms. The second-order valence-corrected chi connectivity index (χ2v) is 8.25. The van der Waals surface area contributed by atoms with Crippen molar-refractivity contribution >= 4 is 47.5 Å². The molecule has 0 amide bonds. The molecular weight excluding hydrogens is 368 g/mol. The van der Waals surface area contributed by atoms with Crippen molar-refractivity contribution in [2.24, 2.45) is 0 Å². The smallest absolute Gasteiger partial charge is 0.203 e. The van der Waals surface area contributed by atoms with Gasteiger partial charge in [0.1, 0.15) is 5.75 Å². The van der Waals surface area contributed by atoms with Crippen molar-refractivity contribution in [1.82, 2.24) is 4.98 Å². The maximum atomic E-state index is 12.7. The molecule has 0 N–H and O–H groups in total. The second-order valence-electron chi connectivity index (χ2n) is 5.63. The first-order chi connectivity index (χ1) is 12.5. The predicted molar refractivity (Wildman–Crippen MR) is 105 cm³/mol. The molecule has 0 fully saturated rings. The lowest BCUT2D eigenvalue weighted by Crippen LogP contribution is -1.97. The highest BCUT2D eigenvalue weighted by molar-refractivity contribution is 7.94. The van der Waals surface area contributed by atoms with Gasteiger partial charge in [-0.05, 0) is 47.5 Å². The molecule has 0 saturated heterocycles. The monoisotopic (exact) mass is 383 g/mol. The first-order valence-electron chi connectivity index (χ1n) is 8.05. The number of benzene rings is 3. The molecule has 4 aromatic rings. The molecule has 0 bridgehead atoms. The molecule has 0 unspecified atom stereocenters. The third-order valence-corrected chi connectivity index (χ3v) is 6.17. The zero-order chi connectivity index (χ0) is 18.1. The summed E-state index contributed by atoms with van der Waals surface area (Å²) in [7, 11) is -3.83. The summed E-state index contributed by atoms with van der Waals surface area (Å²) < 4.78 is 35.6. The van der Waals surface area contributed by atoms with Gasteiger partial charge in [-0.3, -0.25) is 0 Å². The molecule has 0 aliphatic carbocycles. The Bertz CT molecular complexity index is 1200. The average molecular weight is 383 g/mol. The van der Waals surface area contributed by atoms with E-state index in [9.17, 15) is 8.42 Å². The van der Waals surface area contributed by atoms with E-state index in [1.807, 2.05) is 43.3 Å². The van der Waals surface area contributed by atoms with Crippen molar-refractivity contribution in [3.05, 3.63) is 65.4 Å². The van der Waals surface area contributed by atoms with E-state index in [0.29, 0.717) is 12.1 Å². The van der Waals surface area contributed by atoms with Crippen molar-refractivity contribution in [3.63, 3.8) is 0 Å². The maximum Gasteiger partial charge on any atom is 0.203 e. The van der Waals surface area contributed by atoms with Crippen LogP contribution in [-0.4, -0.2) is 20.0 Å². The van der Waals surface area contributed by atoms with Crippen LogP contribution in [0.2, 0.25) is 0 Å². The number of ether oxygens (including phenoxy) is 1.